The van der Waals surface area contributed by atoms with Gasteiger partial charge in [0.25, 0.3) is 0 Å². The number of carbonyl (C=O) groups excluding carboxylic acids is 1. The zero-order chi connectivity index (χ0) is 15.6. The molecule has 3 rings (SSSR count). The van der Waals surface area contributed by atoms with Gasteiger partial charge in [0, 0.05) is 29.9 Å². The molecule has 0 N–H and O–H groups in total. The maximum Gasteiger partial charge on any atom is 0.157 e. The molecule has 2 heterocycles. The monoisotopic (exact) mass is 323 g/mol. The lowest BCUT2D eigenvalue weighted by molar-refractivity contribution is -0.121. The van der Waals surface area contributed by atoms with E-state index in [0.29, 0.717) is 23.8 Å². The molecule has 2 nitrogen and oxygen atoms in total. The van der Waals surface area contributed by atoms with Gasteiger partial charge in [0.15, 0.2) is 5.78 Å². The van der Waals surface area contributed by atoms with E-state index in [1.54, 1.807) is 0 Å². The molecule has 0 aromatic carbocycles. The van der Waals surface area contributed by atoms with Gasteiger partial charge in [0.05, 0.1) is 0 Å². The summed E-state index contributed by atoms with van der Waals surface area (Å²) >= 11 is 6.30. The molecule has 22 heavy (non-hydrogen) atoms. The van der Waals surface area contributed by atoms with E-state index < -0.39 is 0 Å². The highest BCUT2D eigenvalue weighted by atomic mass is 35.5. The Morgan fingerprint density at radius 2 is 2.09 bits per heavy atom. The Morgan fingerprint density at radius 3 is 2.86 bits per heavy atom. The smallest absolute Gasteiger partial charge is 0.157 e. The zero-order valence-electron chi connectivity index (χ0n) is 13.9. The number of hydrogen-bond acceptors (Lipinski definition) is 2. The molecule has 0 bridgehead atoms. The van der Waals surface area contributed by atoms with Crippen LogP contribution in [0.15, 0.2) is 12.2 Å². The number of halogens is 1. The van der Waals surface area contributed by atoms with Gasteiger partial charge in [-0.25, -0.2) is 0 Å². The summed E-state index contributed by atoms with van der Waals surface area (Å²) in [6.45, 7) is 2.27. The van der Waals surface area contributed by atoms with Crippen LogP contribution in [0.4, 0.5) is 0 Å². The van der Waals surface area contributed by atoms with Crippen molar-refractivity contribution in [1.29, 1.82) is 0 Å². The third kappa shape index (κ3) is 2.89. The summed E-state index contributed by atoms with van der Waals surface area (Å²) in [5.74, 6) is 1.62. The lowest BCUT2D eigenvalue weighted by Crippen LogP contribution is -2.61. The minimum absolute atomic E-state index is 0.110. The first-order valence-electron chi connectivity index (χ1n) is 9.26. The van der Waals surface area contributed by atoms with Crippen molar-refractivity contribution < 1.29 is 4.79 Å². The summed E-state index contributed by atoms with van der Waals surface area (Å²) < 4.78 is 0. The number of carbonyl (C=O) groups is 1. The highest BCUT2D eigenvalue weighted by Crippen LogP contribution is 2.52. The molecule has 0 aromatic rings. The fourth-order valence-electron chi connectivity index (χ4n) is 5.28. The Hall–Kier alpha value is -0.340. The highest BCUT2D eigenvalue weighted by Gasteiger charge is 2.56. The van der Waals surface area contributed by atoms with Crippen molar-refractivity contribution in [3.8, 4) is 0 Å². The minimum atomic E-state index is 0.110. The van der Waals surface area contributed by atoms with E-state index in [0.717, 1.165) is 18.7 Å². The maximum absolute atomic E-state index is 12.1. The molecular formula is C19H30ClNO. The van der Waals surface area contributed by atoms with Gasteiger partial charge in [-0.05, 0) is 44.1 Å². The standard InChI is InChI=1S/C19H30ClNO/c1-2-3-4-5-6-16-9-7-15-8-10-18(22)13-19(15)12-11-17(14-20)21(16)19/h8,10,15-17H,2-7,9,11-14H2,1H3/t15-,16+,17-,19+/m1/s1. The van der Waals surface area contributed by atoms with E-state index in [1.807, 2.05) is 6.08 Å². The van der Waals surface area contributed by atoms with Crippen LogP contribution in [-0.4, -0.2) is 34.2 Å². The molecule has 0 radical (unpaired) electrons. The van der Waals surface area contributed by atoms with Crippen LogP contribution in [0.25, 0.3) is 0 Å². The molecule has 124 valence electrons. The first-order valence-corrected chi connectivity index (χ1v) is 9.80. The predicted molar refractivity (Wildman–Crippen MR) is 92.3 cm³/mol. The Bertz CT molecular complexity index is 435. The number of allylic oxidation sites excluding steroid dienone is 1. The first kappa shape index (κ1) is 16.5. The molecule has 3 heteroatoms. The summed E-state index contributed by atoms with van der Waals surface area (Å²) in [7, 11) is 0. The number of piperidine rings is 1. The fraction of sp³-hybridized carbons (Fsp3) is 0.842. The second-order valence-corrected chi connectivity index (χ2v) is 7.86. The van der Waals surface area contributed by atoms with Crippen LogP contribution in [0, 0.1) is 5.92 Å². The lowest BCUT2D eigenvalue weighted by atomic mass is 9.68. The van der Waals surface area contributed by atoms with Gasteiger partial charge in [-0.2, -0.15) is 0 Å². The molecule has 2 aliphatic heterocycles. The summed E-state index contributed by atoms with van der Waals surface area (Å²) in [5.41, 5.74) is 0.110. The molecule has 0 unspecified atom stereocenters. The van der Waals surface area contributed by atoms with E-state index in [2.05, 4.69) is 17.9 Å². The van der Waals surface area contributed by atoms with Crippen molar-refractivity contribution in [1.82, 2.24) is 4.90 Å². The van der Waals surface area contributed by atoms with Gasteiger partial charge in [-0.15, -0.1) is 11.6 Å². The third-order valence-electron chi connectivity index (χ3n) is 6.28. The van der Waals surface area contributed by atoms with Crippen LogP contribution >= 0.6 is 11.6 Å². The first-order chi connectivity index (χ1) is 10.7. The van der Waals surface area contributed by atoms with Crippen LogP contribution in [-0.2, 0) is 4.79 Å². The van der Waals surface area contributed by atoms with Gasteiger partial charge in [0.1, 0.15) is 0 Å². The third-order valence-corrected chi connectivity index (χ3v) is 6.63. The fourth-order valence-corrected chi connectivity index (χ4v) is 5.58. The van der Waals surface area contributed by atoms with Crippen LogP contribution < -0.4 is 0 Å². The summed E-state index contributed by atoms with van der Waals surface area (Å²) in [6.07, 6.45) is 16.3. The normalized spacial score (nSPS) is 38.1. The predicted octanol–water partition coefficient (Wildman–Crippen LogP) is 4.71. The molecule has 3 aliphatic rings. The van der Waals surface area contributed by atoms with Gasteiger partial charge in [-0.3, -0.25) is 9.69 Å². The van der Waals surface area contributed by atoms with E-state index in [1.165, 1.54) is 51.4 Å². The van der Waals surface area contributed by atoms with Gasteiger partial charge >= 0.3 is 0 Å². The highest BCUT2D eigenvalue weighted by molar-refractivity contribution is 6.18. The SMILES string of the molecule is CCCCCC[C@H]1CC[C@@H]2C=CC(=O)C[C@@]23CC[C@H](CCl)N13. The second-order valence-electron chi connectivity index (χ2n) is 7.55. The van der Waals surface area contributed by atoms with Crippen LogP contribution in [0.1, 0.15) is 71.1 Å². The van der Waals surface area contributed by atoms with Crippen molar-refractivity contribution in [3.05, 3.63) is 12.2 Å². The second kappa shape index (κ2) is 7.05. The van der Waals surface area contributed by atoms with Gasteiger partial charge < -0.3 is 0 Å². The summed E-state index contributed by atoms with van der Waals surface area (Å²) in [4.78, 5) is 14.8. The quantitative estimate of drug-likeness (QED) is 0.521. The van der Waals surface area contributed by atoms with Crippen molar-refractivity contribution in [2.45, 2.75) is 88.8 Å². The molecule has 0 saturated carbocycles. The summed E-state index contributed by atoms with van der Waals surface area (Å²) in [6, 6.07) is 1.14. The number of ketones is 1. The number of hydrogen-bond donors (Lipinski definition) is 0. The Kier molecular flexibility index (Phi) is 5.29. The maximum atomic E-state index is 12.1. The van der Waals surface area contributed by atoms with E-state index >= 15 is 0 Å². The van der Waals surface area contributed by atoms with Crippen LogP contribution in [0.3, 0.4) is 0 Å². The zero-order valence-corrected chi connectivity index (χ0v) is 14.7. The molecule has 2 fully saturated rings. The van der Waals surface area contributed by atoms with Gasteiger partial charge in [-0.1, -0.05) is 38.7 Å². The van der Waals surface area contributed by atoms with E-state index in [-0.39, 0.29) is 5.54 Å². The molecule has 1 spiro atoms. The largest absolute Gasteiger partial charge is 0.295 e. The molecular weight excluding hydrogens is 294 g/mol. The average molecular weight is 324 g/mol. The molecule has 1 aliphatic carbocycles. The number of unbranched alkanes of at least 4 members (excludes halogenated alkanes) is 3. The average Bonchev–Trinajstić information content (AvgIpc) is 2.89. The summed E-state index contributed by atoms with van der Waals surface area (Å²) in [5, 5.41) is 0. The molecule has 0 amide bonds. The molecule has 2 saturated heterocycles. The van der Waals surface area contributed by atoms with Crippen molar-refractivity contribution >= 4 is 17.4 Å². The van der Waals surface area contributed by atoms with Crippen molar-refractivity contribution in [2.24, 2.45) is 5.92 Å². The number of alkyl halides is 1. The Morgan fingerprint density at radius 1 is 1.23 bits per heavy atom. The molecule has 0 aromatic heterocycles. The van der Waals surface area contributed by atoms with E-state index in [9.17, 15) is 4.79 Å². The lowest BCUT2D eigenvalue weighted by Gasteiger charge is -2.54. The van der Waals surface area contributed by atoms with E-state index in [4.69, 9.17) is 11.6 Å². The number of nitrogens with zero attached hydrogens (tertiary/aromatic N) is 1. The Labute approximate surface area is 140 Å². The van der Waals surface area contributed by atoms with Crippen molar-refractivity contribution in [3.63, 3.8) is 0 Å². The number of rotatable bonds is 6. The Balaban J connectivity index is 1.77. The van der Waals surface area contributed by atoms with Crippen LogP contribution in [0.2, 0.25) is 0 Å². The molecule has 4 atom stereocenters. The topological polar surface area (TPSA) is 20.3 Å². The van der Waals surface area contributed by atoms with Crippen LogP contribution in [0.5, 0.6) is 0 Å². The minimum Gasteiger partial charge on any atom is -0.295 e. The van der Waals surface area contributed by atoms with Gasteiger partial charge in [0.2, 0.25) is 0 Å². The van der Waals surface area contributed by atoms with Crippen molar-refractivity contribution in [2.75, 3.05) is 5.88 Å².